The molecule has 0 N–H and O–H groups in total. The van der Waals surface area contributed by atoms with Gasteiger partial charge < -0.3 is 18.8 Å². The Bertz CT molecular complexity index is 849. The minimum Gasteiger partial charge on any atom is -0.483 e. The van der Waals surface area contributed by atoms with E-state index in [0.29, 0.717) is 30.8 Å². The number of rotatable bonds is 5. The molecule has 2 heterocycles. The molecule has 1 aromatic heterocycles. The van der Waals surface area contributed by atoms with E-state index in [4.69, 9.17) is 13.9 Å². The Morgan fingerprint density at radius 3 is 2.65 bits per heavy atom. The molecule has 2 aromatic rings. The Kier molecular flexibility index (Phi) is 5.61. The standard InChI is InChI=1S/C20H25NO5/c1-4-14-11-19(23)26-17-10-13(2)9-16(20(14)17)25-12-18(22)21-7-5-15(24-3)6-8-21/h9-11,15H,4-8,12H2,1-3H3. The lowest BCUT2D eigenvalue weighted by Gasteiger charge is -2.31. The van der Waals surface area contributed by atoms with Crippen molar-refractivity contribution in [1.29, 1.82) is 0 Å². The molecule has 1 aliphatic rings. The van der Waals surface area contributed by atoms with Crippen LogP contribution in [0, 0.1) is 6.92 Å². The first-order chi connectivity index (χ1) is 12.5. The summed E-state index contributed by atoms with van der Waals surface area (Å²) in [6.07, 6.45) is 2.61. The highest BCUT2D eigenvalue weighted by molar-refractivity contribution is 5.88. The number of piperidine rings is 1. The number of carbonyl (C=O) groups excluding carboxylic acids is 1. The lowest BCUT2D eigenvalue weighted by atomic mass is 10.0. The minimum atomic E-state index is -0.372. The van der Waals surface area contributed by atoms with Gasteiger partial charge in [0.15, 0.2) is 6.61 Å². The molecule has 1 aliphatic heterocycles. The second kappa shape index (κ2) is 7.91. The molecule has 1 fully saturated rings. The molecule has 0 aliphatic carbocycles. The molecule has 0 atom stereocenters. The van der Waals surface area contributed by atoms with E-state index in [1.165, 1.54) is 6.07 Å². The van der Waals surface area contributed by atoms with Crippen molar-refractivity contribution in [1.82, 2.24) is 4.90 Å². The fourth-order valence-corrected chi connectivity index (χ4v) is 3.43. The van der Waals surface area contributed by atoms with Crippen molar-refractivity contribution in [2.75, 3.05) is 26.8 Å². The Hall–Kier alpha value is -2.34. The van der Waals surface area contributed by atoms with Crippen LogP contribution in [0.15, 0.2) is 27.4 Å². The van der Waals surface area contributed by atoms with E-state index in [1.807, 2.05) is 30.9 Å². The molecule has 0 spiro atoms. The Labute approximate surface area is 152 Å². The number of hydrogen-bond acceptors (Lipinski definition) is 5. The quantitative estimate of drug-likeness (QED) is 0.768. The zero-order chi connectivity index (χ0) is 18.7. The minimum absolute atomic E-state index is 0.0293. The van der Waals surface area contributed by atoms with E-state index in [1.54, 1.807) is 7.11 Å². The molecule has 3 rings (SSSR count). The molecule has 0 radical (unpaired) electrons. The highest BCUT2D eigenvalue weighted by atomic mass is 16.5. The number of amides is 1. The van der Waals surface area contributed by atoms with Gasteiger partial charge in [-0.25, -0.2) is 4.79 Å². The van der Waals surface area contributed by atoms with E-state index in [2.05, 4.69) is 0 Å². The van der Waals surface area contributed by atoms with Gasteiger partial charge in [0.25, 0.3) is 5.91 Å². The molecule has 1 amide bonds. The Balaban J connectivity index is 1.78. The van der Waals surface area contributed by atoms with Gasteiger partial charge in [-0.1, -0.05) is 6.92 Å². The predicted molar refractivity (Wildman–Crippen MR) is 98.7 cm³/mol. The number of carbonyl (C=O) groups is 1. The maximum Gasteiger partial charge on any atom is 0.336 e. The first kappa shape index (κ1) is 18.5. The molecular weight excluding hydrogens is 334 g/mol. The molecule has 1 aromatic carbocycles. The normalized spacial score (nSPS) is 15.4. The van der Waals surface area contributed by atoms with Gasteiger partial charge in [0.05, 0.1) is 11.5 Å². The molecule has 0 saturated carbocycles. The average Bonchev–Trinajstić information content (AvgIpc) is 2.64. The van der Waals surface area contributed by atoms with Gasteiger partial charge in [0.1, 0.15) is 11.3 Å². The predicted octanol–water partition coefficient (Wildman–Crippen LogP) is 2.68. The fraction of sp³-hybridized carbons (Fsp3) is 0.500. The van der Waals surface area contributed by atoms with Crippen molar-refractivity contribution in [3.63, 3.8) is 0 Å². The molecule has 1 saturated heterocycles. The molecule has 6 nitrogen and oxygen atoms in total. The summed E-state index contributed by atoms with van der Waals surface area (Å²) in [6, 6.07) is 5.19. The average molecular weight is 359 g/mol. The van der Waals surface area contributed by atoms with Crippen LogP contribution in [0.3, 0.4) is 0 Å². The maximum absolute atomic E-state index is 12.5. The summed E-state index contributed by atoms with van der Waals surface area (Å²) < 4.78 is 16.5. The van der Waals surface area contributed by atoms with E-state index in [-0.39, 0.29) is 24.2 Å². The summed E-state index contributed by atoms with van der Waals surface area (Å²) in [4.78, 5) is 26.0. The van der Waals surface area contributed by atoms with Gasteiger partial charge in [-0.15, -0.1) is 0 Å². The number of hydrogen-bond donors (Lipinski definition) is 0. The molecule has 0 unspecified atom stereocenters. The SMILES string of the molecule is CCc1cc(=O)oc2cc(C)cc(OCC(=O)N3CCC(OC)CC3)c12. The summed E-state index contributed by atoms with van der Waals surface area (Å²) in [5.41, 5.74) is 1.90. The van der Waals surface area contributed by atoms with Crippen molar-refractivity contribution in [2.24, 2.45) is 0 Å². The van der Waals surface area contributed by atoms with Crippen LogP contribution in [0.4, 0.5) is 0 Å². The first-order valence-corrected chi connectivity index (χ1v) is 9.02. The van der Waals surface area contributed by atoms with E-state index >= 15 is 0 Å². The van der Waals surface area contributed by atoms with Crippen LogP contribution < -0.4 is 10.4 Å². The number of nitrogens with zero attached hydrogens (tertiary/aromatic N) is 1. The largest absolute Gasteiger partial charge is 0.483 e. The third-order valence-electron chi connectivity index (χ3n) is 4.89. The Morgan fingerprint density at radius 1 is 1.27 bits per heavy atom. The lowest BCUT2D eigenvalue weighted by molar-refractivity contribution is -0.135. The van der Waals surface area contributed by atoms with Gasteiger partial charge in [-0.05, 0) is 49.4 Å². The second-order valence-corrected chi connectivity index (χ2v) is 6.68. The second-order valence-electron chi connectivity index (χ2n) is 6.68. The molecule has 140 valence electrons. The number of aryl methyl sites for hydroxylation is 2. The van der Waals surface area contributed by atoms with Crippen molar-refractivity contribution in [3.8, 4) is 5.75 Å². The van der Waals surface area contributed by atoms with Gasteiger partial charge in [0, 0.05) is 26.3 Å². The molecule has 0 bridgehead atoms. The number of ether oxygens (including phenoxy) is 2. The molecular formula is C20H25NO5. The van der Waals surface area contributed by atoms with Crippen LogP contribution in [-0.2, 0) is 16.0 Å². The van der Waals surface area contributed by atoms with Gasteiger partial charge in [0.2, 0.25) is 0 Å². The number of likely N-dealkylation sites (tertiary alicyclic amines) is 1. The summed E-state index contributed by atoms with van der Waals surface area (Å²) in [5.74, 6) is 0.547. The van der Waals surface area contributed by atoms with Crippen LogP contribution in [0.25, 0.3) is 11.0 Å². The zero-order valence-electron chi connectivity index (χ0n) is 15.5. The topological polar surface area (TPSA) is 69.0 Å². The number of methoxy groups -OCH3 is 1. The third kappa shape index (κ3) is 3.90. The van der Waals surface area contributed by atoms with Crippen LogP contribution in [0.5, 0.6) is 5.75 Å². The Morgan fingerprint density at radius 2 is 2.00 bits per heavy atom. The number of benzene rings is 1. The summed E-state index contributed by atoms with van der Waals surface area (Å²) in [5, 5.41) is 0.767. The van der Waals surface area contributed by atoms with Gasteiger partial charge in [-0.3, -0.25) is 4.79 Å². The van der Waals surface area contributed by atoms with Crippen molar-refractivity contribution in [2.45, 2.75) is 39.2 Å². The van der Waals surface area contributed by atoms with Gasteiger partial charge >= 0.3 is 5.63 Å². The smallest absolute Gasteiger partial charge is 0.336 e. The maximum atomic E-state index is 12.5. The zero-order valence-corrected chi connectivity index (χ0v) is 15.5. The fourth-order valence-electron chi connectivity index (χ4n) is 3.43. The van der Waals surface area contributed by atoms with Crippen LogP contribution in [0.1, 0.15) is 30.9 Å². The summed E-state index contributed by atoms with van der Waals surface area (Å²) >= 11 is 0. The van der Waals surface area contributed by atoms with Crippen LogP contribution in [-0.4, -0.2) is 43.7 Å². The summed E-state index contributed by atoms with van der Waals surface area (Å²) in [7, 11) is 1.71. The van der Waals surface area contributed by atoms with E-state index in [0.717, 1.165) is 29.4 Å². The van der Waals surface area contributed by atoms with Crippen LogP contribution in [0.2, 0.25) is 0 Å². The monoisotopic (exact) mass is 359 g/mol. The van der Waals surface area contributed by atoms with Crippen molar-refractivity contribution >= 4 is 16.9 Å². The third-order valence-corrected chi connectivity index (χ3v) is 4.89. The van der Waals surface area contributed by atoms with E-state index < -0.39 is 0 Å². The lowest BCUT2D eigenvalue weighted by Crippen LogP contribution is -2.42. The first-order valence-electron chi connectivity index (χ1n) is 9.02. The highest BCUT2D eigenvalue weighted by Crippen LogP contribution is 2.30. The number of fused-ring (bicyclic) bond motifs is 1. The van der Waals surface area contributed by atoms with Gasteiger partial charge in [-0.2, -0.15) is 0 Å². The van der Waals surface area contributed by atoms with Crippen molar-refractivity contribution in [3.05, 3.63) is 39.7 Å². The summed E-state index contributed by atoms with van der Waals surface area (Å²) in [6.45, 7) is 5.22. The highest BCUT2D eigenvalue weighted by Gasteiger charge is 2.23. The van der Waals surface area contributed by atoms with Crippen LogP contribution >= 0.6 is 0 Å². The van der Waals surface area contributed by atoms with E-state index in [9.17, 15) is 9.59 Å². The van der Waals surface area contributed by atoms with Crippen molar-refractivity contribution < 1.29 is 18.7 Å². The molecule has 6 heteroatoms. The molecule has 26 heavy (non-hydrogen) atoms.